The highest BCUT2D eigenvalue weighted by Gasteiger charge is 2.28. The van der Waals surface area contributed by atoms with Gasteiger partial charge in [0.2, 0.25) is 0 Å². The molecule has 5 rings (SSSR count). The molecule has 0 saturated carbocycles. The number of para-hydroxylation sites is 1. The molecule has 0 radical (unpaired) electrons. The Morgan fingerprint density at radius 3 is 2.32 bits per heavy atom. The first-order chi connectivity index (χ1) is 16.7. The van der Waals surface area contributed by atoms with Crippen molar-refractivity contribution in [1.82, 2.24) is 4.90 Å². The molecule has 0 N–H and O–H groups in total. The van der Waals surface area contributed by atoms with Crippen LogP contribution in [0.15, 0.2) is 88.8 Å². The number of carbonyl (C=O) groups excluding carboxylic acids is 1. The lowest BCUT2D eigenvalue weighted by Crippen LogP contribution is -2.47. The van der Waals surface area contributed by atoms with Crippen LogP contribution in [0.3, 0.4) is 0 Å². The minimum Gasteiger partial charge on any atom is -0.488 e. The van der Waals surface area contributed by atoms with Crippen molar-refractivity contribution < 1.29 is 9.53 Å². The molecule has 2 aliphatic rings. The largest absolute Gasteiger partial charge is 0.488 e. The van der Waals surface area contributed by atoms with Crippen LogP contribution >= 0.6 is 11.8 Å². The van der Waals surface area contributed by atoms with Crippen LogP contribution in [0, 0.1) is 6.92 Å². The molecule has 1 saturated heterocycles. The van der Waals surface area contributed by atoms with Gasteiger partial charge in [0.1, 0.15) is 12.4 Å². The van der Waals surface area contributed by atoms with Gasteiger partial charge in [0.25, 0.3) is 5.91 Å². The van der Waals surface area contributed by atoms with Crippen molar-refractivity contribution in [3.8, 4) is 5.75 Å². The van der Waals surface area contributed by atoms with E-state index in [4.69, 9.17) is 4.74 Å². The Morgan fingerprint density at radius 2 is 1.56 bits per heavy atom. The summed E-state index contributed by atoms with van der Waals surface area (Å²) in [6.45, 7) is 6.09. The van der Waals surface area contributed by atoms with Crippen molar-refractivity contribution >= 4 is 34.6 Å². The molecule has 6 heteroatoms. The molecule has 1 fully saturated rings. The van der Waals surface area contributed by atoms with E-state index in [2.05, 4.69) is 46.0 Å². The summed E-state index contributed by atoms with van der Waals surface area (Å²) in [6, 6.07) is 26.5. The number of amidine groups is 1. The first kappa shape index (κ1) is 22.3. The Balaban J connectivity index is 1.23. The van der Waals surface area contributed by atoms with Gasteiger partial charge >= 0.3 is 0 Å². The third kappa shape index (κ3) is 5.18. The summed E-state index contributed by atoms with van der Waals surface area (Å²) in [6.07, 6.45) is 1.90. The molecule has 0 aliphatic carbocycles. The Morgan fingerprint density at radius 1 is 0.882 bits per heavy atom. The number of amides is 1. The SMILES string of the molecule is Cc1ccc(N2CCN(C3=NC(=O)/C(=C\c4ccccc4OCc4ccccc4)S3)CC2)cc1. The van der Waals surface area contributed by atoms with Gasteiger partial charge in [-0.25, -0.2) is 0 Å². The van der Waals surface area contributed by atoms with Gasteiger partial charge in [0, 0.05) is 37.4 Å². The number of aliphatic imine (C=N–C) groups is 1. The number of hydrogen-bond donors (Lipinski definition) is 0. The Bertz CT molecular complexity index is 1210. The first-order valence-electron chi connectivity index (χ1n) is 11.5. The summed E-state index contributed by atoms with van der Waals surface area (Å²) in [5.41, 5.74) is 4.50. The van der Waals surface area contributed by atoms with Crippen LogP contribution < -0.4 is 9.64 Å². The van der Waals surface area contributed by atoms with Gasteiger partial charge in [0.15, 0.2) is 5.17 Å². The molecule has 3 aromatic carbocycles. The van der Waals surface area contributed by atoms with Gasteiger partial charge in [-0.2, -0.15) is 4.99 Å². The quantitative estimate of drug-likeness (QED) is 0.471. The number of nitrogens with zero attached hydrogens (tertiary/aromatic N) is 3. The normalized spacial score (nSPS) is 17.3. The Labute approximate surface area is 204 Å². The second-order valence-corrected chi connectivity index (χ2v) is 9.44. The number of hydrogen-bond acceptors (Lipinski definition) is 5. The maximum Gasteiger partial charge on any atom is 0.286 e. The average Bonchev–Trinajstić information content (AvgIpc) is 3.25. The molecule has 0 spiro atoms. The lowest BCUT2D eigenvalue weighted by molar-refractivity contribution is -0.113. The van der Waals surface area contributed by atoms with E-state index in [-0.39, 0.29) is 5.91 Å². The van der Waals surface area contributed by atoms with Crippen LogP contribution in [-0.2, 0) is 11.4 Å². The predicted molar refractivity (Wildman–Crippen MR) is 140 cm³/mol. The molecule has 0 unspecified atom stereocenters. The van der Waals surface area contributed by atoms with Gasteiger partial charge in [-0.1, -0.05) is 66.2 Å². The fourth-order valence-corrected chi connectivity index (χ4v) is 5.01. The number of thioether (sulfide) groups is 1. The zero-order valence-corrected chi connectivity index (χ0v) is 20.0. The minimum absolute atomic E-state index is 0.182. The smallest absolute Gasteiger partial charge is 0.286 e. The third-order valence-electron chi connectivity index (χ3n) is 6.00. The molecule has 1 amide bonds. The molecular weight excluding hydrogens is 442 g/mol. The molecule has 2 heterocycles. The lowest BCUT2D eigenvalue weighted by Gasteiger charge is -2.36. The number of anilines is 1. The summed E-state index contributed by atoms with van der Waals surface area (Å²) < 4.78 is 6.05. The maximum atomic E-state index is 12.7. The fraction of sp³-hybridized carbons (Fsp3) is 0.214. The van der Waals surface area contributed by atoms with E-state index in [0.29, 0.717) is 11.5 Å². The molecule has 3 aromatic rings. The topological polar surface area (TPSA) is 45.1 Å². The minimum atomic E-state index is -0.182. The zero-order valence-electron chi connectivity index (χ0n) is 19.2. The van der Waals surface area contributed by atoms with Crippen molar-refractivity contribution in [3.63, 3.8) is 0 Å². The van der Waals surface area contributed by atoms with Crippen LogP contribution in [0.5, 0.6) is 5.75 Å². The average molecular weight is 470 g/mol. The summed E-state index contributed by atoms with van der Waals surface area (Å²) in [5.74, 6) is 0.575. The maximum absolute atomic E-state index is 12.7. The highest BCUT2D eigenvalue weighted by atomic mass is 32.2. The van der Waals surface area contributed by atoms with Gasteiger partial charge in [-0.15, -0.1) is 0 Å². The van der Waals surface area contributed by atoms with Gasteiger partial charge in [0.05, 0.1) is 4.91 Å². The molecule has 172 valence electrons. The van der Waals surface area contributed by atoms with Crippen molar-refractivity contribution in [2.24, 2.45) is 4.99 Å². The van der Waals surface area contributed by atoms with Crippen LogP contribution in [-0.4, -0.2) is 42.2 Å². The highest BCUT2D eigenvalue weighted by Crippen LogP contribution is 2.33. The van der Waals surface area contributed by atoms with E-state index < -0.39 is 0 Å². The number of benzene rings is 3. The fourth-order valence-electron chi connectivity index (χ4n) is 4.05. The summed E-state index contributed by atoms with van der Waals surface area (Å²) >= 11 is 1.46. The lowest BCUT2D eigenvalue weighted by atomic mass is 10.2. The van der Waals surface area contributed by atoms with E-state index in [1.165, 1.54) is 23.0 Å². The van der Waals surface area contributed by atoms with Crippen molar-refractivity contribution in [1.29, 1.82) is 0 Å². The van der Waals surface area contributed by atoms with E-state index in [1.54, 1.807) is 0 Å². The first-order valence-corrected chi connectivity index (χ1v) is 12.3. The summed E-state index contributed by atoms with van der Waals surface area (Å²) in [7, 11) is 0. The predicted octanol–water partition coefficient (Wildman–Crippen LogP) is 5.37. The standard InChI is InChI=1S/C28H27N3O2S/c1-21-11-13-24(14-12-21)30-15-17-31(18-16-30)28-29-27(32)26(34-28)19-23-9-5-6-10-25(23)33-20-22-7-3-2-4-8-22/h2-14,19H,15-18,20H2,1H3/b26-19+. The van der Waals surface area contributed by atoms with Crippen LogP contribution in [0.1, 0.15) is 16.7 Å². The van der Waals surface area contributed by atoms with Crippen molar-refractivity contribution in [3.05, 3.63) is 100 Å². The molecule has 2 aliphatic heterocycles. The van der Waals surface area contributed by atoms with Crippen LogP contribution in [0.2, 0.25) is 0 Å². The molecule has 0 bridgehead atoms. The van der Waals surface area contributed by atoms with Crippen molar-refractivity contribution in [2.75, 3.05) is 31.1 Å². The number of carbonyl (C=O) groups is 1. The summed E-state index contributed by atoms with van der Waals surface area (Å²) in [4.78, 5) is 22.3. The zero-order chi connectivity index (χ0) is 23.3. The van der Waals surface area contributed by atoms with Crippen molar-refractivity contribution in [2.45, 2.75) is 13.5 Å². The highest BCUT2D eigenvalue weighted by molar-refractivity contribution is 8.18. The molecule has 34 heavy (non-hydrogen) atoms. The van der Waals surface area contributed by atoms with Gasteiger partial charge in [-0.3, -0.25) is 4.79 Å². The van der Waals surface area contributed by atoms with E-state index in [9.17, 15) is 4.79 Å². The van der Waals surface area contributed by atoms with Gasteiger partial charge < -0.3 is 14.5 Å². The monoisotopic (exact) mass is 469 g/mol. The Hall–Kier alpha value is -3.51. The molecule has 0 atom stereocenters. The molecular formula is C28H27N3O2S. The second-order valence-electron chi connectivity index (χ2n) is 8.43. The molecule has 5 nitrogen and oxygen atoms in total. The van der Waals surface area contributed by atoms with Gasteiger partial charge in [-0.05, 0) is 48.5 Å². The third-order valence-corrected chi connectivity index (χ3v) is 7.05. The number of rotatable bonds is 5. The van der Waals surface area contributed by atoms with E-state index in [0.717, 1.165) is 48.2 Å². The number of ether oxygens (including phenoxy) is 1. The second kappa shape index (κ2) is 10.2. The van der Waals surface area contributed by atoms with Crippen LogP contribution in [0.25, 0.3) is 6.08 Å². The van der Waals surface area contributed by atoms with E-state index >= 15 is 0 Å². The Kier molecular flexibility index (Phi) is 6.67. The summed E-state index contributed by atoms with van der Waals surface area (Å²) in [5, 5.41) is 0.794. The number of aryl methyl sites for hydroxylation is 1. The van der Waals surface area contributed by atoms with Crippen LogP contribution in [0.4, 0.5) is 5.69 Å². The molecule has 0 aromatic heterocycles. The van der Waals surface area contributed by atoms with E-state index in [1.807, 2.05) is 60.7 Å². The number of piperazine rings is 1.